The Morgan fingerprint density at radius 2 is 1.63 bits per heavy atom. The molecular formula is C42H47N3O6. The highest BCUT2D eigenvalue weighted by Crippen LogP contribution is 2.39. The zero-order valence-corrected chi connectivity index (χ0v) is 30.4. The standard InChI is InChI=1S/C42H47N3O6/c1-7-9-15-31(8-2)26-44-40-20-19-32(39(43-51-30(6)48)23-28(4)45(29(5)47)50-22-21-46)24-36(40)37-25-38(34-17-12-13-18-35(34)41(37)44)42(49)33-16-11-10-14-27(33)3/h10-14,16-21,24-25,28,31H,7-9,15,22-23,26H2,1-6H3. The number of hydroxylamine groups is 2. The summed E-state index contributed by atoms with van der Waals surface area (Å²) in [7, 11) is 0. The van der Waals surface area contributed by atoms with Gasteiger partial charge < -0.3 is 14.2 Å². The van der Waals surface area contributed by atoms with Gasteiger partial charge in [0.15, 0.2) is 5.78 Å². The van der Waals surface area contributed by atoms with Crippen molar-refractivity contribution in [3.8, 4) is 0 Å². The molecule has 5 rings (SSSR count). The molecule has 0 saturated heterocycles. The number of ketones is 1. The van der Waals surface area contributed by atoms with Crippen LogP contribution >= 0.6 is 0 Å². The van der Waals surface area contributed by atoms with Gasteiger partial charge in [-0.3, -0.25) is 14.4 Å². The summed E-state index contributed by atoms with van der Waals surface area (Å²) < 4.78 is 2.40. The van der Waals surface area contributed by atoms with Crippen molar-refractivity contribution >= 4 is 62.2 Å². The van der Waals surface area contributed by atoms with Crippen LogP contribution in [0.15, 0.2) is 78.0 Å². The number of rotatable bonds is 16. The van der Waals surface area contributed by atoms with Crippen LogP contribution in [0.25, 0.3) is 32.6 Å². The van der Waals surface area contributed by atoms with Gasteiger partial charge in [0, 0.05) is 65.2 Å². The summed E-state index contributed by atoms with van der Waals surface area (Å²) in [6.45, 7) is 11.4. The molecule has 4 aromatic carbocycles. The zero-order chi connectivity index (χ0) is 36.7. The van der Waals surface area contributed by atoms with Gasteiger partial charge in [-0.15, -0.1) is 0 Å². The normalized spacial score (nSPS) is 13.0. The molecule has 0 spiro atoms. The molecule has 0 aliphatic rings. The van der Waals surface area contributed by atoms with E-state index in [1.807, 2.05) is 67.6 Å². The van der Waals surface area contributed by atoms with E-state index in [0.29, 0.717) is 34.6 Å². The van der Waals surface area contributed by atoms with Gasteiger partial charge in [0.05, 0.1) is 17.3 Å². The Balaban J connectivity index is 1.77. The molecule has 1 aromatic heterocycles. The number of aromatic nitrogens is 1. The van der Waals surface area contributed by atoms with E-state index in [4.69, 9.17) is 9.68 Å². The van der Waals surface area contributed by atoms with E-state index in [1.54, 1.807) is 6.92 Å². The summed E-state index contributed by atoms with van der Waals surface area (Å²) in [5, 5.41) is 9.14. The van der Waals surface area contributed by atoms with E-state index in [-0.39, 0.29) is 24.7 Å². The first kappa shape index (κ1) is 37.1. The first-order valence-electron chi connectivity index (χ1n) is 17.8. The molecule has 9 heteroatoms. The molecular weight excluding hydrogens is 642 g/mol. The van der Waals surface area contributed by atoms with Crippen LogP contribution in [0, 0.1) is 12.8 Å². The van der Waals surface area contributed by atoms with Crippen molar-refractivity contribution in [1.82, 2.24) is 9.63 Å². The van der Waals surface area contributed by atoms with Gasteiger partial charge in [-0.1, -0.05) is 92.9 Å². The minimum absolute atomic E-state index is 0.0387. The van der Waals surface area contributed by atoms with Crippen molar-refractivity contribution in [2.24, 2.45) is 11.1 Å². The second-order valence-corrected chi connectivity index (χ2v) is 13.3. The van der Waals surface area contributed by atoms with E-state index in [0.717, 1.165) is 75.4 Å². The smallest absolute Gasteiger partial charge is 0.331 e. The van der Waals surface area contributed by atoms with Gasteiger partial charge in [0.2, 0.25) is 5.91 Å². The second kappa shape index (κ2) is 16.7. The monoisotopic (exact) mass is 689 g/mol. The van der Waals surface area contributed by atoms with E-state index in [1.165, 1.54) is 13.8 Å². The van der Waals surface area contributed by atoms with Crippen LogP contribution in [0.5, 0.6) is 0 Å². The number of benzene rings is 4. The number of nitrogens with zero attached hydrogens (tertiary/aromatic N) is 3. The van der Waals surface area contributed by atoms with Crippen LogP contribution in [-0.4, -0.2) is 51.9 Å². The summed E-state index contributed by atoms with van der Waals surface area (Å²) in [5.74, 6) is -0.535. The number of oxime groups is 1. The average Bonchev–Trinajstić information content (AvgIpc) is 3.43. The number of carbonyl (C=O) groups is 4. The van der Waals surface area contributed by atoms with E-state index in [9.17, 15) is 19.2 Å². The number of hydrogen-bond acceptors (Lipinski definition) is 7. The van der Waals surface area contributed by atoms with Crippen molar-refractivity contribution in [2.75, 3.05) is 6.61 Å². The summed E-state index contributed by atoms with van der Waals surface area (Å²) >= 11 is 0. The number of hydrogen-bond donors (Lipinski definition) is 0. The lowest BCUT2D eigenvalue weighted by Gasteiger charge is -2.26. The Labute approximate surface area is 299 Å². The largest absolute Gasteiger partial charge is 0.340 e. The zero-order valence-electron chi connectivity index (χ0n) is 30.4. The van der Waals surface area contributed by atoms with Crippen LogP contribution in [0.4, 0.5) is 0 Å². The molecule has 0 saturated carbocycles. The van der Waals surface area contributed by atoms with Crippen LogP contribution in [-0.2, 0) is 30.6 Å². The fraction of sp³-hybridized carbons (Fsp3) is 0.357. The fourth-order valence-corrected chi connectivity index (χ4v) is 7.00. The molecule has 0 radical (unpaired) electrons. The first-order chi connectivity index (χ1) is 24.6. The van der Waals surface area contributed by atoms with Crippen molar-refractivity contribution in [3.63, 3.8) is 0 Å². The first-order valence-corrected chi connectivity index (χ1v) is 17.8. The number of unbranched alkanes of at least 4 members (excludes halogenated alkanes) is 1. The summed E-state index contributed by atoms with van der Waals surface area (Å²) in [6.07, 6.45) is 5.18. The minimum atomic E-state index is -0.582. The molecule has 5 aromatic rings. The molecule has 9 nitrogen and oxygen atoms in total. The Hall–Kier alpha value is -5.15. The highest BCUT2D eigenvalue weighted by Gasteiger charge is 2.25. The molecule has 2 unspecified atom stereocenters. The Kier molecular flexibility index (Phi) is 12.2. The van der Waals surface area contributed by atoms with Gasteiger partial charge in [-0.25, -0.2) is 9.86 Å². The van der Waals surface area contributed by atoms with Gasteiger partial charge in [0.1, 0.15) is 12.9 Å². The molecule has 0 N–H and O–H groups in total. The maximum atomic E-state index is 14.3. The molecule has 0 aliphatic carbocycles. The molecule has 0 fully saturated rings. The molecule has 1 heterocycles. The molecule has 2 atom stereocenters. The predicted molar refractivity (Wildman–Crippen MR) is 202 cm³/mol. The maximum absolute atomic E-state index is 14.3. The number of amides is 1. The van der Waals surface area contributed by atoms with Crippen LogP contribution in [0.1, 0.15) is 93.8 Å². The summed E-state index contributed by atoms with van der Waals surface area (Å²) in [4.78, 5) is 60.3. The molecule has 1 amide bonds. The number of aryl methyl sites for hydroxylation is 1. The topological polar surface area (TPSA) is 107 Å². The Bertz CT molecular complexity index is 2110. The quantitative estimate of drug-likeness (QED) is 0.0337. The SMILES string of the molecule is CCCCC(CC)Cn1c2ccc(C(CC(C)N(OCC=O)C(C)=O)=NOC(C)=O)cc2c2cc(C(=O)c3ccccc3C)c3ccccc3c21. The van der Waals surface area contributed by atoms with E-state index >= 15 is 0 Å². The third kappa shape index (κ3) is 8.10. The average molecular weight is 690 g/mol. The van der Waals surface area contributed by atoms with Crippen molar-refractivity contribution in [2.45, 2.75) is 86.2 Å². The van der Waals surface area contributed by atoms with Gasteiger partial charge in [-0.2, -0.15) is 0 Å². The number of aldehydes is 1. The van der Waals surface area contributed by atoms with Crippen molar-refractivity contribution in [1.29, 1.82) is 0 Å². The van der Waals surface area contributed by atoms with E-state index < -0.39 is 12.0 Å². The lowest BCUT2D eigenvalue weighted by Crippen LogP contribution is -2.39. The maximum Gasteiger partial charge on any atom is 0.331 e. The van der Waals surface area contributed by atoms with E-state index in [2.05, 4.69) is 35.7 Å². The third-order valence-electron chi connectivity index (χ3n) is 9.58. The lowest BCUT2D eigenvalue weighted by molar-refractivity contribution is -0.193. The molecule has 0 aliphatic heterocycles. The highest BCUT2D eigenvalue weighted by atomic mass is 16.7. The number of carbonyl (C=O) groups excluding carboxylic acids is 4. The molecule has 266 valence electrons. The van der Waals surface area contributed by atoms with Gasteiger partial charge >= 0.3 is 5.97 Å². The van der Waals surface area contributed by atoms with Gasteiger partial charge in [-0.05, 0) is 55.3 Å². The minimum Gasteiger partial charge on any atom is -0.340 e. The molecule has 0 bridgehead atoms. The fourth-order valence-electron chi connectivity index (χ4n) is 7.00. The van der Waals surface area contributed by atoms with Crippen LogP contribution in [0.3, 0.4) is 0 Å². The summed E-state index contributed by atoms with van der Waals surface area (Å²) in [6, 6.07) is 23.3. The third-order valence-corrected chi connectivity index (χ3v) is 9.58. The molecule has 51 heavy (non-hydrogen) atoms. The van der Waals surface area contributed by atoms with Crippen LogP contribution in [0.2, 0.25) is 0 Å². The predicted octanol–water partition coefficient (Wildman–Crippen LogP) is 8.73. The summed E-state index contributed by atoms with van der Waals surface area (Å²) in [5.41, 5.74) is 5.39. The second-order valence-electron chi connectivity index (χ2n) is 13.3. The Morgan fingerprint density at radius 1 is 0.902 bits per heavy atom. The highest BCUT2D eigenvalue weighted by molar-refractivity contribution is 6.26. The Morgan fingerprint density at radius 3 is 2.29 bits per heavy atom. The van der Waals surface area contributed by atoms with Crippen molar-refractivity contribution in [3.05, 3.63) is 95.1 Å². The number of fused-ring (bicyclic) bond motifs is 5. The lowest BCUT2D eigenvalue weighted by atomic mass is 9.92. The van der Waals surface area contributed by atoms with Gasteiger partial charge in [0.25, 0.3) is 0 Å². The van der Waals surface area contributed by atoms with Crippen molar-refractivity contribution < 1.29 is 28.9 Å². The van der Waals surface area contributed by atoms with Crippen LogP contribution < -0.4 is 0 Å².